The van der Waals surface area contributed by atoms with E-state index in [1.165, 1.54) is 4.31 Å². The fourth-order valence-electron chi connectivity index (χ4n) is 3.61. The van der Waals surface area contributed by atoms with Crippen molar-refractivity contribution >= 4 is 38.1 Å². The summed E-state index contributed by atoms with van der Waals surface area (Å²) >= 11 is 0. The van der Waals surface area contributed by atoms with Crippen LogP contribution in [-0.2, 0) is 21.2 Å². The summed E-state index contributed by atoms with van der Waals surface area (Å²) in [4.78, 5) is 12.5. The molecule has 0 saturated carbocycles. The minimum absolute atomic E-state index is 0.102. The Bertz CT molecular complexity index is 1100. The Morgan fingerprint density at radius 1 is 0.929 bits per heavy atom. The second kappa shape index (κ2) is 7.64. The van der Waals surface area contributed by atoms with E-state index in [0.717, 1.165) is 22.8 Å². The van der Waals surface area contributed by atoms with E-state index in [4.69, 9.17) is 0 Å². The molecule has 0 bridgehead atoms. The lowest BCUT2D eigenvalue weighted by molar-refractivity contribution is -0.115. The maximum atomic E-state index is 12.5. The molecule has 0 radical (unpaired) electrons. The topological polar surface area (TPSA) is 66.5 Å². The SMILES string of the molecule is O=C(Cc1cccc2ccccc12)Nc1ccc(N2CCCCS2(=O)=O)cc1. The summed E-state index contributed by atoms with van der Waals surface area (Å²) in [6.07, 6.45) is 1.85. The van der Waals surface area contributed by atoms with Gasteiger partial charge in [-0.15, -0.1) is 0 Å². The third-order valence-electron chi connectivity index (χ3n) is 5.02. The number of nitrogens with zero attached hydrogens (tertiary/aromatic N) is 1. The van der Waals surface area contributed by atoms with E-state index in [-0.39, 0.29) is 18.1 Å². The molecule has 1 heterocycles. The average Bonchev–Trinajstić information content (AvgIpc) is 2.69. The zero-order valence-corrected chi connectivity index (χ0v) is 16.3. The molecule has 1 amide bonds. The lowest BCUT2D eigenvalue weighted by atomic mass is 10.0. The number of carbonyl (C=O) groups is 1. The molecule has 0 unspecified atom stereocenters. The van der Waals surface area contributed by atoms with Crippen molar-refractivity contribution in [3.63, 3.8) is 0 Å². The van der Waals surface area contributed by atoms with Gasteiger partial charge in [-0.2, -0.15) is 0 Å². The van der Waals surface area contributed by atoms with Gasteiger partial charge in [-0.3, -0.25) is 9.10 Å². The van der Waals surface area contributed by atoms with Crippen LogP contribution < -0.4 is 9.62 Å². The van der Waals surface area contributed by atoms with Gasteiger partial charge in [0.1, 0.15) is 0 Å². The summed E-state index contributed by atoms with van der Waals surface area (Å²) < 4.78 is 25.9. The molecule has 1 aliphatic rings. The van der Waals surface area contributed by atoms with Crippen molar-refractivity contribution in [2.75, 3.05) is 21.9 Å². The molecule has 1 saturated heterocycles. The number of sulfonamides is 1. The van der Waals surface area contributed by atoms with Gasteiger partial charge < -0.3 is 5.32 Å². The van der Waals surface area contributed by atoms with Gasteiger partial charge in [-0.1, -0.05) is 42.5 Å². The highest BCUT2D eigenvalue weighted by Gasteiger charge is 2.25. The van der Waals surface area contributed by atoms with Crippen molar-refractivity contribution in [1.29, 1.82) is 0 Å². The highest BCUT2D eigenvalue weighted by atomic mass is 32.2. The lowest BCUT2D eigenvalue weighted by Crippen LogP contribution is -2.37. The minimum Gasteiger partial charge on any atom is -0.326 e. The van der Waals surface area contributed by atoms with E-state index in [2.05, 4.69) is 5.32 Å². The zero-order valence-electron chi connectivity index (χ0n) is 15.5. The summed E-state index contributed by atoms with van der Waals surface area (Å²) in [6, 6.07) is 21.0. The number of nitrogens with one attached hydrogen (secondary N) is 1. The second-order valence-electron chi connectivity index (χ2n) is 7.01. The van der Waals surface area contributed by atoms with Gasteiger partial charge in [0.15, 0.2) is 0 Å². The fourth-order valence-corrected chi connectivity index (χ4v) is 5.25. The second-order valence-corrected chi connectivity index (χ2v) is 9.02. The van der Waals surface area contributed by atoms with Gasteiger partial charge in [-0.05, 0) is 53.4 Å². The molecule has 1 N–H and O–H groups in total. The Labute approximate surface area is 165 Å². The molecule has 0 aliphatic carbocycles. The molecular weight excluding hydrogens is 372 g/mol. The number of anilines is 2. The van der Waals surface area contributed by atoms with Gasteiger partial charge in [0.05, 0.1) is 17.9 Å². The Kier molecular flexibility index (Phi) is 5.05. The maximum Gasteiger partial charge on any atom is 0.235 e. The van der Waals surface area contributed by atoms with Crippen LogP contribution in [0.1, 0.15) is 18.4 Å². The van der Waals surface area contributed by atoms with Crippen LogP contribution >= 0.6 is 0 Å². The molecule has 144 valence electrons. The van der Waals surface area contributed by atoms with Crippen LogP contribution in [0.15, 0.2) is 66.7 Å². The summed E-state index contributed by atoms with van der Waals surface area (Å²) in [7, 11) is -3.23. The van der Waals surface area contributed by atoms with E-state index in [1.54, 1.807) is 24.3 Å². The Balaban J connectivity index is 1.46. The number of amides is 1. The van der Waals surface area contributed by atoms with Gasteiger partial charge in [0.2, 0.25) is 15.9 Å². The highest BCUT2D eigenvalue weighted by molar-refractivity contribution is 7.92. The van der Waals surface area contributed by atoms with Crippen LogP contribution in [0.5, 0.6) is 0 Å². The van der Waals surface area contributed by atoms with Crippen molar-refractivity contribution in [3.05, 3.63) is 72.3 Å². The standard InChI is InChI=1S/C22H22N2O3S/c25-22(16-18-8-5-7-17-6-1-2-9-21(17)18)23-19-10-12-20(13-11-19)24-14-3-4-15-28(24,26)27/h1-2,5-13H,3-4,14-16H2,(H,23,25). The van der Waals surface area contributed by atoms with Gasteiger partial charge in [0, 0.05) is 12.2 Å². The first-order chi connectivity index (χ1) is 13.5. The smallest absolute Gasteiger partial charge is 0.235 e. The fraction of sp³-hybridized carbons (Fsp3) is 0.227. The molecule has 1 fully saturated rings. The Morgan fingerprint density at radius 3 is 2.46 bits per heavy atom. The van der Waals surface area contributed by atoms with Crippen molar-refractivity contribution in [3.8, 4) is 0 Å². The first kappa shape index (κ1) is 18.5. The Morgan fingerprint density at radius 2 is 1.68 bits per heavy atom. The molecule has 3 aromatic rings. The number of carbonyl (C=O) groups excluding carboxylic acids is 1. The van der Waals surface area contributed by atoms with Crippen LogP contribution in [0, 0.1) is 0 Å². The lowest BCUT2D eigenvalue weighted by Gasteiger charge is -2.28. The summed E-state index contributed by atoms with van der Waals surface area (Å²) in [6.45, 7) is 0.509. The van der Waals surface area contributed by atoms with Crippen LogP contribution in [-0.4, -0.2) is 26.6 Å². The van der Waals surface area contributed by atoms with E-state index in [1.807, 2.05) is 42.5 Å². The number of hydrogen-bond acceptors (Lipinski definition) is 3. The molecular formula is C22H22N2O3S. The monoisotopic (exact) mass is 394 g/mol. The zero-order chi connectivity index (χ0) is 19.6. The van der Waals surface area contributed by atoms with Gasteiger partial charge >= 0.3 is 0 Å². The van der Waals surface area contributed by atoms with E-state index < -0.39 is 10.0 Å². The van der Waals surface area contributed by atoms with Gasteiger partial charge in [-0.25, -0.2) is 8.42 Å². The molecule has 4 rings (SSSR count). The first-order valence-corrected chi connectivity index (χ1v) is 11.0. The predicted molar refractivity (Wildman–Crippen MR) is 113 cm³/mol. The molecule has 6 heteroatoms. The molecule has 0 spiro atoms. The Hall–Kier alpha value is -2.86. The van der Waals surface area contributed by atoms with Crippen molar-refractivity contribution < 1.29 is 13.2 Å². The van der Waals surface area contributed by atoms with Crippen LogP contribution in [0.25, 0.3) is 10.8 Å². The van der Waals surface area contributed by atoms with Crippen molar-refractivity contribution in [1.82, 2.24) is 0 Å². The number of fused-ring (bicyclic) bond motifs is 1. The minimum atomic E-state index is -3.23. The summed E-state index contributed by atoms with van der Waals surface area (Å²) in [5, 5.41) is 5.08. The van der Waals surface area contributed by atoms with Crippen LogP contribution in [0.2, 0.25) is 0 Å². The van der Waals surface area contributed by atoms with Crippen LogP contribution in [0.4, 0.5) is 11.4 Å². The van der Waals surface area contributed by atoms with Crippen molar-refractivity contribution in [2.45, 2.75) is 19.3 Å². The summed E-state index contributed by atoms with van der Waals surface area (Å²) in [5.74, 6) is 0.0889. The van der Waals surface area contributed by atoms with Crippen molar-refractivity contribution in [2.24, 2.45) is 0 Å². The van der Waals surface area contributed by atoms with Crippen LogP contribution in [0.3, 0.4) is 0 Å². The number of rotatable bonds is 4. The summed E-state index contributed by atoms with van der Waals surface area (Å²) in [5.41, 5.74) is 2.28. The molecule has 28 heavy (non-hydrogen) atoms. The molecule has 0 atom stereocenters. The molecule has 1 aliphatic heterocycles. The third kappa shape index (κ3) is 3.87. The molecule has 5 nitrogen and oxygen atoms in total. The largest absolute Gasteiger partial charge is 0.326 e. The maximum absolute atomic E-state index is 12.5. The van der Waals surface area contributed by atoms with Gasteiger partial charge in [0.25, 0.3) is 0 Å². The number of benzene rings is 3. The highest BCUT2D eigenvalue weighted by Crippen LogP contribution is 2.25. The molecule has 3 aromatic carbocycles. The number of hydrogen-bond donors (Lipinski definition) is 1. The third-order valence-corrected chi connectivity index (χ3v) is 6.89. The average molecular weight is 394 g/mol. The first-order valence-electron chi connectivity index (χ1n) is 9.40. The van der Waals surface area contributed by atoms with E-state index >= 15 is 0 Å². The predicted octanol–water partition coefficient (Wildman–Crippen LogP) is 3.95. The molecule has 0 aromatic heterocycles. The normalized spacial score (nSPS) is 16.1. The van der Waals surface area contributed by atoms with E-state index in [0.29, 0.717) is 24.3 Å². The quantitative estimate of drug-likeness (QED) is 0.729. The van der Waals surface area contributed by atoms with E-state index in [9.17, 15) is 13.2 Å².